The Morgan fingerprint density at radius 2 is 2.03 bits per heavy atom. The van der Waals surface area contributed by atoms with Crippen LogP contribution >= 0.6 is 11.6 Å². The van der Waals surface area contributed by atoms with Gasteiger partial charge in [0.15, 0.2) is 5.65 Å². The standard InChI is InChI=1S/C22H22ClF2N3O2/c1-3-4-18(13-5-6-13)28-20-19(27-12(2)21(28)29)16(9-10-26-20)15-8-7-14(11-17(15)23)30-22(24)25/h7-11,13,18,22H,3-6H2,1-2H3/t18-/m0/s1. The number of fused-ring (bicyclic) bond motifs is 1. The zero-order valence-electron chi connectivity index (χ0n) is 16.7. The molecule has 2 heterocycles. The number of rotatable bonds is 7. The van der Waals surface area contributed by atoms with Gasteiger partial charge in [-0.15, -0.1) is 0 Å². The second-order valence-corrected chi connectivity index (χ2v) is 8.02. The van der Waals surface area contributed by atoms with E-state index in [0.29, 0.717) is 33.9 Å². The van der Waals surface area contributed by atoms with Gasteiger partial charge in [-0.2, -0.15) is 8.78 Å². The molecule has 0 saturated heterocycles. The predicted octanol–water partition coefficient (Wildman–Crippen LogP) is 5.77. The number of pyridine rings is 1. The number of ether oxygens (including phenoxy) is 1. The van der Waals surface area contributed by atoms with Crippen molar-refractivity contribution in [3.63, 3.8) is 0 Å². The van der Waals surface area contributed by atoms with E-state index in [1.165, 1.54) is 12.1 Å². The number of aromatic nitrogens is 3. The van der Waals surface area contributed by atoms with Gasteiger partial charge in [0.25, 0.3) is 5.56 Å². The molecular formula is C22H22ClF2N3O2. The lowest BCUT2D eigenvalue weighted by Crippen LogP contribution is -2.30. The van der Waals surface area contributed by atoms with E-state index in [1.54, 1.807) is 29.8 Å². The summed E-state index contributed by atoms with van der Waals surface area (Å²) in [7, 11) is 0. The average molecular weight is 434 g/mol. The summed E-state index contributed by atoms with van der Waals surface area (Å²) >= 11 is 6.39. The van der Waals surface area contributed by atoms with Crippen LogP contribution in [0.4, 0.5) is 8.78 Å². The molecule has 8 heteroatoms. The second-order valence-electron chi connectivity index (χ2n) is 7.62. The maximum Gasteiger partial charge on any atom is 0.387 e. The molecule has 0 spiro atoms. The molecule has 30 heavy (non-hydrogen) atoms. The van der Waals surface area contributed by atoms with Crippen LogP contribution in [0.15, 0.2) is 35.3 Å². The number of aryl methyl sites for hydroxylation is 1. The third-order valence-electron chi connectivity index (χ3n) is 5.48. The van der Waals surface area contributed by atoms with Gasteiger partial charge in [0.05, 0.1) is 5.02 Å². The molecule has 0 amide bonds. The van der Waals surface area contributed by atoms with Gasteiger partial charge in [0, 0.05) is 23.4 Å². The molecule has 158 valence electrons. The van der Waals surface area contributed by atoms with Gasteiger partial charge in [-0.3, -0.25) is 9.36 Å². The molecule has 1 aliphatic carbocycles. The van der Waals surface area contributed by atoms with E-state index in [2.05, 4.69) is 21.6 Å². The third-order valence-corrected chi connectivity index (χ3v) is 5.79. The van der Waals surface area contributed by atoms with Crippen molar-refractivity contribution < 1.29 is 13.5 Å². The highest BCUT2D eigenvalue weighted by Gasteiger charge is 2.34. The van der Waals surface area contributed by atoms with Crippen molar-refractivity contribution in [3.05, 3.63) is 51.5 Å². The molecule has 4 rings (SSSR count). The lowest BCUT2D eigenvalue weighted by atomic mass is 10.0. The Hall–Kier alpha value is -2.54. The van der Waals surface area contributed by atoms with E-state index < -0.39 is 6.61 Å². The average Bonchev–Trinajstić information content (AvgIpc) is 3.52. The van der Waals surface area contributed by atoms with Crippen molar-refractivity contribution in [1.29, 1.82) is 0 Å². The van der Waals surface area contributed by atoms with Crippen molar-refractivity contribution in [2.45, 2.75) is 52.2 Å². The van der Waals surface area contributed by atoms with Crippen LogP contribution < -0.4 is 10.3 Å². The van der Waals surface area contributed by atoms with Crippen LogP contribution in [0.25, 0.3) is 22.3 Å². The molecule has 0 aliphatic heterocycles. The van der Waals surface area contributed by atoms with Gasteiger partial charge in [-0.05, 0) is 56.4 Å². The van der Waals surface area contributed by atoms with Crippen LogP contribution in [0, 0.1) is 12.8 Å². The molecule has 0 N–H and O–H groups in total. The summed E-state index contributed by atoms with van der Waals surface area (Å²) in [6, 6.07) is 6.26. The number of benzene rings is 1. The minimum absolute atomic E-state index is 0.0186. The Bertz CT molecular complexity index is 1150. The normalized spacial score (nSPS) is 15.0. The Balaban J connectivity index is 1.90. The highest BCUT2D eigenvalue weighted by atomic mass is 35.5. The lowest BCUT2D eigenvalue weighted by Gasteiger charge is -2.22. The number of halogens is 3. The first kappa shape index (κ1) is 20.7. The van der Waals surface area contributed by atoms with Gasteiger partial charge in [0.2, 0.25) is 0 Å². The van der Waals surface area contributed by atoms with E-state index in [9.17, 15) is 13.6 Å². The SMILES string of the molecule is CCC[C@@H](C1CC1)n1c(=O)c(C)nc2c(-c3ccc(OC(F)F)cc3Cl)ccnc21. The fourth-order valence-corrected chi connectivity index (χ4v) is 4.26. The summed E-state index contributed by atoms with van der Waals surface area (Å²) in [6.07, 6.45) is 5.71. The highest BCUT2D eigenvalue weighted by Crippen LogP contribution is 2.43. The van der Waals surface area contributed by atoms with Gasteiger partial charge in [-0.25, -0.2) is 9.97 Å². The Morgan fingerprint density at radius 3 is 2.67 bits per heavy atom. The molecule has 1 saturated carbocycles. The Morgan fingerprint density at radius 1 is 1.27 bits per heavy atom. The van der Waals surface area contributed by atoms with Crippen molar-refractivity contribution in [2.75, 3.05) is 0 Å². The van der Waals surface area contributed by atoms with Crippen LogP contribution in [0.1, 0.15) is 44.3 Å². The van der Waals surface area contributed by atoms with Crippen molar-refractivity contribution in [3.8, 4) is 16.9 Å². The van der Waals surface area contributed by atoms with Gasteiger partial charge >= 0.3 is 6.61 Å². The fraction of sp³-hybridized carbons (Fsp3) is 0.409. The van der Waals surface area contributed by atoms with Crippen LogP contribution in [-0.2, 0) is 0 Å². The number of alkyl halides is 2. The van der Waals surface area contributed by atoms with E-state index in [-0.39, 0.29) is 22.4 Å². The van der Waals surface area contributed by atoms with E-state index >= 15 is 0 Å². The minimum Gasteiger partial charge on any atom is -0.435 e. The molecule has 0 radical (unpaired) electrons. The minimum atomic E-state index is -2.93. The molecule has 3 aromatic rings. The molecule has 1 aromatic carbocycles. The van der Waals surface area contributed by atoms with Crippen molar-refractivity contribution in [2.24, 2.45) is 5.92 Å². The molecule has 0 bridgehead atoms. The first-order valence-corrected chi connectivity index (χ1v) is 10.4. The van der Waals surface area contributed by atoms with Crippen molar-refractivity contribution >= 4 is 22.8 Å². The lowest BCUT2D eigenvalue weighted by molar-refractivity contribution is -0.0498. The monoisotopic (exact) mass is 433 g/mol. The molecule has 5 nitrogen and oxygen atoms in total. The summed E-state index contributed by atoms with van der Waals surface area (Å²) in [4.78, 5) is 22.1. The molecular weight excluding hydrogens is 412 g/mol. The van der Waals surface area contributed by atoms with Gasteiger partial charge in [-0.1, -0.05) is 24.9 Å². The summed E-state index contributed by atoms with van der Waals surface area (Å²) in [5.74, 6) is 0.461. The van der Waals surface area contributed by atoms with E-state index in [4.69, 9.17) is 11.6 Å². The highest BCUT2D eigenvalue weighted by molar-refractivity contribution is 6.33. The predicted molar refractivity (Wildman–Crippen MR) is 112 cm³/mol. The first-order valence-electron chi connectivity index (χ1n) is 10.0. The fourth-order valence-electron chi connectivity index (χ4n) is 3.98. The summed E-state index contributed by atoms with van der Waals surface area (Å²) in [5.41, 5.74) is 2.67. The van der Waals surface area contributed by atoms with Crippen LogP contribution in [-0.4, -0.2) is 21.1 Å². The molecule has 2 aromatic heterocycles. The van der Waals surface area contributed by atoms with Crippen molar-refractivity contribution in [1.82, 2.24) is 14.5 Å². The summed E-state index contributed by atoms with van der Waals surface area (Å²) < 4.78 is 31.2. The van der Waals surface area contributed by atoms with Crippen LogP contribution in [0.2, 0.25) is 5.02 Å². The largest absolute Gasteiger partial charge is 0.435 e. The number of hydrogen-bond acceptors (Lipinski definition) is 4. The number of hydrogen-bond donors (Lipinski definition) is 0. The first-order chi connectivity index (χ1) is 14.4. The number of nitrogens with zero attached hydrogens (tertiary/aromatic N) is 3. The van der Waals surface area contributed by atoms with Gasteiger partial charge < -0.3 is 4.74 Å². The topological polar surface area (TPSA) is 57.0 Å². The molecule has 1 atom stereocenters. The van der Waals surface area contributed by atoms with E-state index in [0.717, 1.165) is 25.7 Å². The van der Waals surface area contributed by atoms with E-state index in [1.807, 2.05) is 0 Å². The molecule has 1 aliphatic rings. The Kier molecular flexibility index (Phi) is 5.73. The Labute approximate surface area is 177 Å². The maximum atomic E-state index is 13.0. The third kappa shape index (κ3) is 3.90. The summed E-state index contributed by atoms with van der Waals surface area (Å²) in [5, 5.41) is 0.255. The summed E-state index contributed by atoms with van der Waals surface area (Å²) in [6.45, 7) is 0.884. The molecule has 0 unspecified atom stereocenters. The smallest absolute Gasteiger partial charge is 0.387 e. The maximum absolute atomic E-state index is 13.0. The second kappa shape index (κ2) is 8.30. The van der Waals surface area contributed by atoms with Crippen LogP contribution in [0.3, 0.4) is 0 Å². The van der Waals surface area contributed by atoms with Gasteiger partial charge in [0.1, 0.15) is 17.0 Å². The quantitative estimate of drug-likeness (QED) is 0.474. The zero-order valence-corrected chi connectivity index (χ0v) is 17.5. The zero-order chi connectivity index (χ0) is 21.4. The molecule has 1 fully saturated rings. The van der Waals surface area contributed by atoms with Crippen LogP contribution in [0.5, 0.6) is 5.75 Å².